The van der Waals surface area contributed by atoms with E-state index >= 15 is 0 Å². The van der Waals surface area contributed by atoms with Crippen LogP contribution in [0.25, 0.3) is 0 Å². The Balaban J connectivity index is 1.60. The maximum absolute atomic E-state index is 13.8. The van der Waals surface area contributed by atoms with Gasteiger partial charge in [0.2, 0.25) is 0 Å². The summed E-state index contributed by atoms with van der Waals surface area (Å²) < 4.78 is 13.8. The Morgan fingerprint density at radius 3 is 2.46 bits per heavy atom. The van der Waals surface area contributed by atoms with Crippen LogP contribution < -0.4 is 4.90 Å². The molecule has 1 fully saturated rings. The fourth-order valence-corrected chi connectivity index (χ4v) is 3.24. The molecule has 0 saturated carbocycles. The summed E-state index contributed by atoms with van der Waals surface area (Å²) in [4.78, 5) is 13.6. The molecule has 5 nitrogen and oxygen atoms in total. The molecule has 140 valence electrons. The Hall–Kier alpha value is -2.05. The topological polar surface area (TPSA) is 52.5 Å². The van der Waals surface area contributed by atoms with E-state index in [2.05, 4.69) is 28.6 Å². The second kappa shape index (κ2) is 8.10. The third-order valence-corrected chi connectivity index (χ3v) is 4.77. The number of anilines is 1. The molecular weight excluding hydrogens is 331 g/mol. The zero-order valence-electron chi connectivity index (χ0n) is 15.7. The Morgan fingerprint density at radius 2 is 1.81 bits per heavy atom. The van der Waals surface area contributed by atoms with Crippen LogP contribution in [0.4, 0.5) is 10.2 Å². The summed E-state index contributed by atoms with van der Waals surface area (Å²) in [5.41, 5.74) is 1.35. The standard InChI is InChI=1S/C20H27FN4O/c1-14(2)20-22-15(3)12-19(23-20)25-10-8-24(9-11-25)13-18(26)16-6-4-5-7-17(16)21/h4-7,12,14,18,26H,8-11,13H2,1-3H3/t18-/m1/s1. The van der Waals surface area contributed by atoms with Gasteiger partial charge in [-0.3, -0.25) is 4.90 Å². The summed E-state index contributed by atoms with van der Waals surface area (Å²) in [6.07, 6.45) is -0.809. The van der Waals surface area contributed by atoms with Crippen LogP contribution in [-0.4, -0.2) is 52.7 Å². The molecule has 1 aromatic carbocycles. The number of hydrogen-bond donors (Lipinski definition) is 1. The molecular formula is C20H27FN4O. The first-order valence-corrected chi connectivity index (χ1v) is 9.19. The molecule has 1 atom stereocenters. The van der Waals surface area contributed by atoms with Gasteiger partial charge < -0.3 is 10.0 Å². The predicted octanol–water partition coefficient (Wildman–Crippen LogP) is 2.90. The molecule has 3 rings (SSSR count). The fraction of sp³-hybridized carbons (Fsp3) is 0.500. The molecule has 2 aromatic rings. The minimum atomic E-state index is -0.809. The maximum atomic E-state index is 13.8. The molecule has 26 heavy (non-hydrogen) atoms. The van der Waals surface area contributed by atoms with Gasteiger partial charge in [-0.25, -0.2) is 14.4 Å². The number of benzene rings is 1. The summed E-state index contributed by atoms with van der Waals surface area (Å²) in [5, 5.41) is 10.4. The van der Waals surface area contributed by atoms with Crippen molar-refractivity contribution in [1.82, 2.24) is 14.9 Å². The first-order chi connectivity index (χ1) is 12.4. The quantitative estimate of drug-likeness (QED) is 0.891. The molecule has 0 amide bonds. The van der Waals surface area contributed by atoms with E-state index in [0.717, 1.165) is 43.5 Å². The second-order valence-electron chi connectivity index (χ2n) is 7.21. The number of nitrogens with zero attached hydrogens (tertiary/aromatic N) is 4. The normalized spacial score (nSPS) is 16.9. The van der Waals surface area contributed by atoms with E-state index in [1.807, 2.05) is 13.0 Å². The van der Waals surface area contributed by atoms with Crippen molar-refractivity contribution in [2.24, 2.45) is 0 Å². The monoisotopic (exact) mass is 358 g/mol. The van der Waals surface area contributed by atoms with Crippen molar-refractivity contribution in [3.8, 4) is 0 Å². The fourth-order valence-electron chi connectivity index (χ4n) is 3.24. The Morgan fingerprint density at radius 1 is 1.12 bits per heavy atom. The van der Waals surface area contributed by atoms with Crippen molar-refractivity contribution in [3.05, 3.63) is 53.2 Å². The highest BCUT2D eigenvalue weighted by Crippen LogP contribution is 2.21. The molecule has 2 heterocycles. The number of rotatable bonds is 5. The van der Waals surface area contributed by atoms with Crippen LogP contribution in [0.1, 0.15) is 43.0 Å². The largest absolute Gasteiger partial charge is 0.387 e. The molecule has 0 bridgehead atoms. The van der Waals surface area contributed by atoms with Gasteiger partial charge in [0.15, 0.2) is 0 Å². The Bertz CT molecular complexity index is 744. The van der Waals surface area contributed by atoms with Gasteiger partial charge in [0.1, 0.15) is 17.5 Å². The van der Waals surface area contributed by atoms with Crippen molar-refractivity contribution < 1.29 is 9.50 Å². The number of aromatic nitrogens is 2. The molecule has 1 saturated heterocycles. The van der Waals surface area contributed by atoms with Crippen LogP contribution in [0, 0.1) is 12.7 Å². The molecule has 1 aliphatic rings. The van der Waals surface area contributed by atoms with Crippen LogP contribution in [-0.2, 0) is 0 Å². The van der Waals surface area contributed by atoms with E-state index < -0.39 is 6.10 Å². The molecule has 1 N–H and O–H groups in total. The minimum absolute atomic E-state index is 0.297. The number of hydrogen-bond acceptors (Lipinski definition) is 5. The van der Waals surface area contributed by atoms with Crippen LogP contribution in [0.3, 0.4) is 0 Å². The van der Waals surface area contributed by atoms with E-state index in [0.29, 0.717) is 18.0 Å². The van der Waals surface area contributed by atoms with Gasteiger partial charge in [0.25, 0.3) is 0 Å². The van der Waals surface area contributed by atoms with Gasteiger partial charge in [0, 0.05) is 56.0 Å². The van der Waals surface area contributed by atoms with E-state index in [-0.39, 0.29) is 5.82 Å². The second-order valence-corrected chi connectivity index (χ2v) is 7.21. The highest BCUT2D eigenvalue weighted by Gasteiger charge is 2.22. The summed E-state index contributed by atoms with van der Waals surface area (Å²) in [5.74, 6) is 1.79. The molecule has 1 aliphatic heterocycles. The van der Waals surface area contributed by atoms with Crippen LogP contribution in [0.5, 0.6) is 0 Å². The third kappa shape index (κ3) is 4.37. The number of β-amino-alcohol motifs (C(OH)–C–C–N with tert-alkyl or cyclic N) is 1. The zero-order chi connectivity index (χ0) is 18.7. The Kier molecular flexibility index (Phi) is 5.84. The number of aryl methyl sites for hydroxylation is 1. The highest BCUT2D eigenvalue weighted by atomic mass is 19.1. The lowest BCUT2D eigenvalue weighted by molar-refractivity contribution is 0.106. The van der Waals surface area contributed by atoms with Crippen molar-refractivity contribution in [2.75, 3.05) is 37.6 Å². The third-order valence-electron chi connectivity index (χ3n) is 4.77. The number of piperazine rings is 1. The van der Waals surface area contributed by atoms with Crippen molar-refractivity contribution in [3.63, 3.8) is 0 Å². The van der Waals surface area contributed by atoms with Gasteiger partial charge in [-0.05, 0) is 13.0 Å². The number of aliphatic hydroxyl groups is 1. The minimum Gasteiger partial charge on any atom is -0.387 e. The molecule has 0 spiro atoms. The lowest BCUT2D eigenvalue weighted by Crippen LogP contribution is -2.48. The van der Waals surface area contributed by atoms with E-state index in [9.17, 15) is 9.50 Å². The smallest absolute Gasteiger partial charge is 0.133 e. The van der Waals surface area contributed by atoms with Gasteiger partial charge in [0.05, 0.1) is 6.10 Å². The Labute approximate surface area is 154 Å². The summed E-state index contributed by atoms with van der Waals surface area (Å²) >= 11 is 0. The van der Waals surface area contributed by atoms with E-state index in [1.54, 1.807) is 18.2 Å². The summed E-state index contributed by atoms with van der Waals surface area (Å²) in [6.45, 7) is 9.92. The van der Waals surface area contributed by atoms with Gasteiger partial charge in [-0.15, -0.1) is 0 Å². The van der Waals surface area contributed by atoms with E-state index in [1.165, 1.54) is 6.07 Å². The van der Waals surface area contributed by atoms with Crippen molar-refractivity contribution in [1.29, 1.82) is 0 Å². The van der Waals surface area contributed by atoms with Crippen LogP contribution in [0.15, 0.2) is 30.3 Å². The average molecular weight is 358 g/mol. The van der Waals surface area contributed by atoms with Crippen molar-refractivity contribution in [2.45, 2.75) is 32.8 Å². The molecule has 0 aliphatic carbocycles. The number of aliphatic hydroxyl groups excluding tert-OH is 1. The zero-order valence-corrected chi connectivity index (χ0v) is 15.7. The first kappa shape index (κ1) is 18.7. The predicted molar refractivity (Wildman–Crippen MR) is 101 cm³/mol. The van der Waals surface area contributed by atoms with Crippen LogP contribution >= 0.6 is 0 Å². The molecule has 1 aromatic heterocycles. The highest BCUT2D eigenvalue weighted by molar-refractivity contribution is 5.40. The SMILES string of the molecule is Cc1cc(N2CCN(C[C@@H](O)c3ccccc3F)CC2)nc(C(C)C)n1. The molecule has 6 heteroatoms. The van der Waals surface area contributed by atoms with Crippen LogP contribution in [0.2, 0.25) is 0 Å². The van der Waals surface area contributed by atoms with Crippen molar-refractivity contribution >= 4 is 5.82 Å². The van der Waals surface area contributed by atoms with Gasteiger partial charge in [-0.2, -0.15) is 0 Å². The van der Waals surface area contributed by atoms with E-state index in [4.69, 9.17) is 4.98 Å². The van der Waals surface area contributed by atoms with Gasteiger partial charge >= 0.3 is 0 Å². The van der Waals surface area contributed by atoms with Gasteiger partial charge in [-0.1, -0.05) is 32.0 Å². The number of halogens is 1. The summed E-state index contributed by atoms with van der Waals surface area (Å²) in [6, 6.07) is 8.45. The average Bonchev–Trinajstić information content (AvgIpc) is 2.62. The lowest BCUT2D eigenvalue weighted by atomic mass is 10.1. The maximum Gasteiger partial charge on any atom is 0.133 e. The first-order valence-electron chi connectivity index (χ1n) is 9.19. The lowest BCUT2D eigenvalue weighted by Gasteiger charge is -2.36. The summed E-state index contributed by atoms with van der Waals surface area (Å²) in [7, 11) is 0. The molecule has 0 radical (unpaired) electrons. The molecule has 0 unspecified atom stereocenters.